The van der Waals surface area contributed by atoms with Crippen LogP contribution >= 0.6 is 0 Å². The summed E-state index contributed by atoms with van der Waals surface area (Å²) >= 11 is 0. The van der Waals surface area contributed by atoms with E-state index in [1.165, 1.54) is 13.3 Å². The molecule has 1 rings (SSSR count). The number of H-pyrrole nitrogens is 1. The van der Waals surface area contributed by atoms with E-state index in [1.54, 1.807) is 6.20 Å². The van der Waals surface area contributed by atoms with Crippen molar-refractivity contribution in [2.24, 2.45) is 5.92 Å². The smallest absolute Gasteiger partial charge is 0.246 e. The highest BCUT2D eigenvalue weighted by molar-refractivity contribution is 5.90. The number of imidazole rings is 1. The highest BCUT2D eigenvalue weighted by atomic mass is 16.5. The average Bonchev–Trinajstić information content (AvgIpc) is 3.40. The van der Waals surface area contributed by atoms with Gasteiger partial charge in [0, 0.05) is 50.3 Å². The molecule has 1 aromatic rings. The highest BCUT2D eigenvalue weighted by Crippen LogP contribution is 2.16. The maximum Gasteiger partial charge on any atom is 0.246 e. The first-order valence-electron chi connectivity index (χ1n) is 12.8. The van der Waals surface area contributed by atoms with Gasteiger partial charge >= 0.3 is 0 Å². The Morgan fingerprint density at radius 3 is 2.37 bits per heavy atom. The Kier molecular flexibility index (Phi) is 18.0. The maximum absolute atomic E-state index is 12.7. The van der Waals surface area contributed by atoms with Gasteiger partial charge in [-0.25, -0.2) is 4.98 Å². The number of hydrogen-bond acceptors (Lipinski definition) is 9. The third-order valence-corrected chi connectivity index (χ3v) is 5.57. The lowest BCUT2D eigenvalue weighted by molar-refractivity contribution is -0.128. The van der Waals surface area contributed by atoms with Crippen molar-refractivity contribution >= 4 is 29.8 Å². The van der Waals surface area contributed by atoms with Crippen LogP contribution in [-0.4, -0.2) is 98.5 Å². The molecule has 0 saturated heterocycles. The number of aromatic amines is 1. The first kappa shape index (κ1) is 32.9. The number of ketones is 2. The molecule has 4 N–H and O–H groups in total. The summed E-state index contributed by atoms with van der Waals surface area (Å²) < 4.78 is 15.6. The van der Waals surface area contributed by atoms with Gasteiger partial charge in [0.15, 0.2) is 5.78 Å². The van der Waals surface area contributed by atoms with E-state index in [2.05, 4.69) is 25.9 Å². The van der Waals surface area contributed by atoms with Gasteiger partial charge in [-0.05, 0) is 26.7 Å². The Balaban J connectivity index is 2.14. The van der Waals surface area contributed by atoms with Crippen molar-refractivity contribution in [1.82, 2.24) is 25.9 Å². The van der Waals surface area contributed by atoms with Crippen LogP contribution in [0.5, 0.6) is 0 Å². The topological polar surface area (TPSA) is 178 Å². The van der Waals surface area contributed by atoms with E-state index in [1.807, 2.05) is 6.92 Å². The summed E-state index contributed by atoms with van der Waals surface area (Å²) in [5.74, 6) is -1.20. The highest BCUT2D eigenvalue weighted by Gasteiger charge is 2.24. The van der Waals surface area contributed by atoms with Crippen LogP contribution in [0, 0.1) is 5.92 Å². The number of hydrogen-bond donors (Lipinski definition) is 4. The van der Waals surface area contributed by atoms with Gasteiger partial charge in [-0.1, -0.05) is 6.42 Å². The largest absolute Gasteiger partial charge is 0.377 e. The van der Waals surface area contributed by atoms with Crippen molar-refractivity contribution < 1.29 is 38.2 Å². The number of Topliss-reactive ketones (excluding diaryl/α,β-unsaturated/α-hetero) is 2. The fourth-order valence-corrected chi connectivity index (χ4v) is 3.49. The molecule has 13 heteroatoms. The van der Waals surface area contributed by atoms with E-state index in [0.717, 1.165) is 0 Å². The molecule has 1 aromatic heterocycles. The molecule has 0 aliphatic rings. The summed E-state index contributed by atoms with van der Waals surface area (Å²) in [7, 11) is 0. The number of carbonyl (C=O) groups is 5. The van der Waals surface area contributed by atoms with Crippen LogP contribution in [-0.2, 0) is 44.6 Å². The Morgan fingerprint density at radius 2 is 1.71 bits per heavy atom. The molecule has 0 radical (unpaired) electrons. The molecule has 214 valence electrons. The second kappa shape index (κ2) is 20.8. The number of amides is 3. The van der Waals surface area contributed by atoms with Crippen molar-refractivity contribution in [3.8, 4) is 0 Å². The van der Waals surface area contributed by atoms with Crippen molar-refractivity contribution in [3.05, 3.63) is 18.2 Å². The van der Waals surface area contributed by atoms with Gasteiger partial charge in [0.05, 0.1) is 32.2 Å². The lowest BCUT2D eigenvalue weighted by Crippen LogP contribution is -2.39. The summed E-state index contributed by atoms with van der Waals surface area (Å²) in [5, 5.41) is 7.93. The first-order valence-corrected chi connectivity index (χ1v) is 12.8. The normalized spacial score (nSPS) is 12.4. The molecule has 0 aliphatic carbocycles. The molecule has 13 nitrogen and oxygen atoms in total. The first-order chi connectivity index (χ1) is 18.4. The molecule has 0 spiro atoms. The molecule has 0 saturated carbocycles. The predicted octanol–water partition coefficient (Wildman–Crippen LogP) is -0.296. The van der Waals surface area contributed by atoms with Gasteiger partial charge in [-0.2, -0.15) is 0 Å². The minimum absolute atomic E-state index is 0.0274. The third kappa shape index (κ3) is 15.8. The second-order valence-corrected chi connectivity index (χ2v) is 8.59. The van der Waals surface area contributed by atoms with Gasteiger partial charge < -0.3 is 35.1 Å². The van der Waals surface area contributed by atoms with Crippen LogP contribution in [0.1, 0.15) is 45.2 Å². The molecule has 38 heavy (non-hydrogen) atoms. The van der Waals surface area contributed by atoms with E-state index in [9.17, 15) is 24.0 Å². The molecular weight excluding hydrogens is 498 g/mol. The van der Waals surface area contributed by atoms with Gasteiger partial charge in [-0.15, -0.1) is 0 Å². The average molecular weight is 540 g/mol. The minimum atomic E-state index is -0.731. The fourth-order valence-electron chi connectivity index (χ4n) is 3.49. The number of carbonyl (C=O) groups excluding carboxylic acids is 5. The van der Waals surface area contributed by atoms with Crippen LogP contribution in [0.15, 0.2) is 12.5 Å². The van der Waals surface area contributed by atoms with Gasteiger partial charge in [0.1, 0.15) is 19.0 Å². The minimum Gasteiger partial charge on any atom is -0.377 e. The molecule has 3 amide bonds. The SMILES string of the molecule is CCOCC(=O)NCCOCCOCC(=O)NCCCC[C@H](CC(=O)[C@H](Cc1cnc[nH]1)NC=O)C(C)=O. The molecule has 0 fully saturated rings. The summed E-state index contributed by atoms with van der Waals surface area (Å²) in [4.78, 5) is 65.7. The molecular formula is C25H41N5O8. The van der Waals surface area contributed by atoms with Crippen molar-refractivity contribution in [1.29, 1.82) is 0 Å². The number of nitrogens with zero attached hydrogens (tertiary/aromatic N) is 1. The quantitative estimate of drug-likeness (QED) is 0.101. The molecule has 1 heterocycles. The van der Waals surface area contributed by atoms with Crippen LogP contribution in [0.25, 0.3) is 0 Å². The van der Waals surface area contributed by atoms with Crippen LogP contribution in [0.2, 0.25) is 0 Å². The van der Waals surface area contributed by atoms with E-state index in [0.29, 0.717) is 64.3 Å². The van der Waals surface area contributed by atoms with Crippen molar-refractivity contribution in [2.45, 2.75) is 52.0 Å². The number of unbranched alkanes of at least 4 members (excludes halogenated alkanes) is 1. The lowest BCUT2D eigenvalue weighted by atomic mass is 9.89. The second-order valence-electron chi connectivity index (χ2n) is 8.59. The van der Waals surface area contributed by atoms with E-state index >= 15 is 0 Å². The molecule has 0 bridgehead atoms. The Hall–Kier alpha value is -3.16. The van der Waals surface area contributed by atoms with Crippen molar-refractivity contribution in [3.63, 3.8) is 0 Å². The number of ether oxygens (including phenoxy) is 3. The number of rotatable bonds is 24. The molecule has 2 atom stereocenters. The number of nitrogens with one attached hydrogen (secondary N) is 4. The van der Waals surface area contributed by atoms with Crippen LogP contribution in [0.4, 0.5) is 0 Å². The molecule has 0 aromatic carbocycles. The van der Waals surface area contributed by atoms with Gasteiger partial charge in [0.2, 0.25) is 18.2 Å². The Labute approximate surface area is 223 Å². The third-order valence-electron chi connectivity index (χ3n) is 5.57. The standard InChI is InChI=1S/C25H41N5O8/c1-3-36-15-24(34)28-8-9-37-10-11-38-16-25(35)27-7-5-4-6-20(19(2)32)12-23(33)22(30-18-31)13-21-14-26-17-29-21/h14,17-18,20,22H,3-13,15-16H2,1-2H3,(H,26,29)(H,27,35)(H,28,34)(H,30,31)/t20-,22+/m1/s1. The lowest BCUT2D eigenvalue weighted by Gasteiger charge is -2.18. The zero-order valence-corrected chi connectivity index (χ0v) is 22.3. The Morgan fingerprint density at radius 1 is 1.00 bits per heavy atom. The summed E-state index contributed by atoms with van der Waals surface area (Å²) in [6.07, 6.45) is 5.67. The molecule has 0 unspecified atom stereocenters. The predicted molar refractivity (Wildman–Crippen MR) is 137 cm³/mol. The zero-order chi connectivity index (χ0) is 28.0. The van der Waals surface area contributed by atoms with Crippen LogP contribution in [0.3, 0.4) is 0 Å². The maximum atomic E-state index is 12.7. The fraction of sp³-hybridized carbons (Fsp3) is 0.680. The monoisotopic (exact) mass is 539 g/mol. The van der Waals surface area contributed by atoms with E-state index in [4.69, 9.17) is 14.2 Å². The van der Waals surface area contributed by atoms with E-state index < -0.39 is 12.0 Å². The van der Waals surface area contributed by atoms with Crippen LogP contribution < -0.4 is 16.0 Å². The summed E-state index contributed by atoms with van der Waals surface area (Å²) in [6.45, 7) is 5.34. The molecule has 0 aliphatic heterocycles. The van der Waals surface area contributed by atoms with Gasteiger partial charge in [-0.3, -0.25) is 24.0 Å². The number of aromatic nitrogens is 2. The van der Waals surface area contributed by atoms with E-state index in [-0.39, 0.29) is 56.0 Å². The summed E-state index contributed by atoms with van der Waals surface area (Å²) in [5.41, 5.74) is 0.711. The van der Waals surface area contributed by atoms with Gasteiger partial charge in [0.25, 0.3) is 0 Å². The summed E-state index contributed by atoms with van der Waals surface area (Å²) in [6, 6.07) is -0.731. The zero-order valence-electron chi connectivity index (χ0n) is 22.3. The van der Waals surface area contributed by atoms with Crippen molar-refractivity contribution in [2.75, 3.05) is 52.7 Å². The Bertz CT molecular complexity index is 834.